The second-order valence-electron chi connectivity index (χ2n) is 5.13. The van der Waals surface area contributed by atoms with Crippen LogP contribution in [0.1, 0.15) is 12.0 Å². The molecule has 7 heteroatoms. The summed E-state index contributed by atoms with van der Waals surface area (Å²) >= 11 is 0. The van der Waals surface area contributed by atoms with Crippen molar-refractivity contribution in [2.45, 2.75) is 19.1 Å². The Hall–Kier alpha value is -1.76. The van der Waals surface area contributed by atoms with E-state index in [1.807, 2.05) is 0 Å². The molecule has 4 nitrogen and oxygen atoms in total. The predicted octanol–water partition coefficient (Wildman–Crippen LogP) is 1.96. The van der Waals surface area contributed by atoms with E-state index in [4.69, 9.17) is 0 Å². The lowest BCUT2D eigenvalue weighted by atomic mass is 10.1. The molecule has 1 aliphatic heterocycles. The number of halogens is 3. The summed E-state index contributed by atoms with van der Waals surface area (Å²) in [5, 5.41) is 3.18. The van der Waals surface area contributed by atoms with Gasteiger partial charge in [-0.15, -0.1) is 0 Å². The van der Waals surface area contributed by atoms with Gasteiger partial charge in [0.05, 0.1) is 16.6 Å². The third kappa shape index (κ3) is 2.33. The lowest BCUT2D eigenvalue weighted by Crippen LogP contribution is -2.23. The van der Waals surface area contributed by atoms with Gasteiger partial charge in [0.2, 0.25) is 0 Å². The Morgan fingerprint density at radius 3 is 2.80 bits per heavy atom. The van der Waals surface area contributed by atoms with E-state index in [-0.39, 0.29) is 11.6 Å². The van der Waals surface area contributed by atoms with Crippen molar-refractivity contribution in [3.05, 3.63) is 34.2 Å². The van der Waals surface area contributed by atoms with Gasteiger partial charge in [-0.05, 0) is 43.6 Å². The third-order valence-electron chi connectivity index (χ3n) is 3.71. The predicted molar refractivity (Wildman–Crippen MR) is 68.5 cm³/mol. The number of benzene rings is 1. The molecule has 2 aromatic rings. The van der Waals surface area contributed by atoms with Crippen molar-refractivity contribution in [1.29, 1.82) is 0 Å². The Morgan fingerprint density at radius 1 is 1.35 bits per heavy atom. The molecule has 2 N–H and O–H groups in total. The van der Waals surface area contributed by atoms with E-state index in [1.54, 1.807) is 0 Å². The number of fused-ring (bicyclic) bond motifs is 1. The molecule has 1 aliphatic rings. The Bertz CT molecular complexity index is 680. The third-order valence-corrected chi connectivity index (χ3v) is 3.71. The maximum Gasteiger partial charge on any atom is 0.416 e. The fraction of sp³-hybridized carbons (Fsp3) is 0.462. The molecule has 0 bridgehead atoms. The molecule has 1 saturated heterocycles. The van der Waals surface area contributed by atoms with Gasteiger partial charge in [0.15, 0.2) is 0 Å². The summed E-state index contributed by atoms with van der Waals surface area (Å²) in [7, 11) is 0. The number of hydrogen-bond acceptors (Lipinski definition) is 2. The Balaban J connectivity index is 2.05. The summed E-state index contributed by atoms with van der Waals surface area (Å²) in [6.07, 6.45) is -3.47. The summed E-state index contributed by atoms with van der Waals surface area (Å²) < 4.78 is 39.7. The number of nitrogens with one attached hydrogen (secondary N) is 2. The first kappa shape index (κ1) is 13.2. The first-order valence-corrected chi connectivity index (χ1v) is 6.45. The number of imidazole rings is 1. The van der Waals surface area contributed by atoms with Crippen LogP contribution in [0.3, 0.4) is 0 Å². The van der Waals surface area contributed by atoms with Gasteiger partial charge in [0, 0.05) is 6.54 Å². The second-order valence-corrected chi connectivity index (χ2v) is 5.13. The molecule has 0 amide bonds. The van der Waals surface area contributed by atoms with Crippen molar-refractivity contribution in [2.24, 2.45) is 5.92 Å². The molecule has 1 atom stereocenters. The minimum atomic E-state index is -4.40. The number of aromatic nitrogens is 2. The maximum atomic E-state index is 12.8. The number of nitrogens with zero attached hydrogens (tertiary/aromatic N) is 1. The van der Waals surface area contributed by atoms with Crippen molar-refractivity contribution in [1.82, 2.24) is 14.9 Å². The summed E-state index contributed by atoms with van der Waals surface area (Å²) in [6.45, 7) is 2.11. The van der Waals surface area contributed by atoms with Crippen LogP contribution in [-0.2, 0) is 12.7 Å². The van der Waals surface area contributed by atoms with Crippen molar-refractivity contribution < 1.29 is 13.2 Å². The second kappa shape index (κ2) is 4.66. The van der Waals surface area contributed by atoms with Crippen molar-refractivity contribution in [3.8, 4) is 0 Å². The average molecular weight is 285 g/mol. The molecule has 3 rings (SSSR count). The molecule has 0 aliphatic carbocycles. The maximum absolute atomic E-state index is 12.8. The normalized spacial score (nSPS) is 19.9. The Morgan fingerprint density at radius 2 is 2.15 bits per heavy atom. The van der Waals surface area contributed by atoms with Crippen LogP contribution in [0, 0.1) is 5.92 Å². The van der Waals surface area contributed by atoms with E-state index in [0.29, 0.717) is 17.6 Å². The summed E-state index contributed by atoms with van der Waals surface area (Å²) in [5.41, 5.74) is -0.334. The summed E-state index contributed by atoms with van der Waals surface area (Å²) in [4.78, 5) is 14.5. The highest BCUT2D eigenvalue weighted by Gasteiger charge is 2.31. The zero-order valence-corrected chi connectivity index (χ0v) is 10.6. The molecule has 1 aromatic heterocycles. The highest BCUT2D eigenvalue weighted by atomic mass is 19.4. The number of H-pyrrole nitrogens is 1. The van der Waals surface area contributed by atoms with Gasteiger partial charge in [0.25, 0.3) is 0 Å². The van der Waals surface area contributed by atoms with Gasteiger partial charge in [0.1, 0.15) is 0 Å². The fourth-order valence-electron chi connectivity index (χ4n) is 2.64. The fourth-order valence-corrected chi connectivity index (χ4v) is 2.64. The van der Waals surface area contributed by atoms with Crippen LogP contribution in [0.4, 0.5) is 13.2 Å². The van der Waals surface area contributed by atoms with Crippen LogP contribution in [0.2, 0.25) is 0 Å². The lowest BCUT2D eigenvalue weighted by Gasteiger charge is -2.11. The smallest absolute Gasteiger partial charge is 0.316 e. The van der Waals surface area contributed by atoms with Crippen LogP contribution < -0.4 is 11.0 Å². The molecule has 20 heavy (non-hydrogen) atoms. The van der Waals surface area contributed by atoms with Crippen LogP contribution in [-0.4, -0.2) is 22.6 Å². The van der Waals surface area contributed by atoms with Crippen molar-refractivity contribution in [3.63, 3.8) is 0 Å². The van der Waals surface area contributed by atoms with Crippen LogP contribution >= 0.6 is 0 Å². The zero-order chi connectivity index (χ0) is 14.3. The van der Waals surface area contributed by atoms with Crippen molar-refractivity contribution in [2.75, 3.05) is 13.1 Å². The zero-order valence-electron chi connectivity index (χ0n) is 10.6. The first-order chi connectivity index (χ1) is 9.45. The van der Waals surface area contributed by atoms with Crippen molar-refractivity contribution >= 4 is 11.0 Å². The summed E-state index contributed by atoms with van der Waals surface area (Å²) in [6, 6.07) is 3.33. The molecular formula is C13H14F3N3O. The van der Waals surface area contributed by atoms with Gasteiger partial charge in [-0.3, -0.25) is 4.57 Å². The molecule has 108 valence electrons. The van der Waals surface area contributed by atoms with Gasteiger partial charge < -0.3 is 10.3 Å². The average Bonchev–Trinajstić information content (AvgIpc) is 2.97. The minimum Gasteiger partial charge on any atom is -0.316 e. The van der Waals surface area contributed by atoms with Gasteiger partial charge in [-0.25, -0.2) is 4.79 Å². The van der Waals surface area contributed by atoms with E-state index in [9.17, 15) is 18.0 Å². The monoisotopic (exact) mass is 285 g/mol. The van der Waals surface area contributed by atoms with E-state index in [2.05, 4.69) is 10.3 Å². The Labute approximate surface area is 112 Å². The molecule has 1 aromatic carbocycles. The van der Waals surface area contributed by atoms with Gasteiger partial charge in [-0.2, -0.15) is 13.2 Å². The van der Waals surface area contributed by atoms with Gasteiger partial charge in [-0.1, -0.05) is 0 Å². The molecule has 0 radical (unpaired) electrons. The highest BCUT2D eigenvalue weighted by molar-refractivity contribution is 5.76. The van der Waals surface area contributed by atoms with E-state index in [0.717, 1.165) is 31.6 Å². The quantitative estimate of drug-likeness (QED) is 0.886. The van der Waals surface area contributed by atoms with E-state index >= 15 is 0 Å². The minimum absolute atomic E-state index is 0.279. The molecule has 0 saturated carbocycles. The molecule has 2 heterocycles. The number of aromatic amines is 1. The standard InChI is InChI=1S/C13H14F3N3O/c14-13(15,16)9-1-2-10-11(5-9)19(12(20)18-10)7-8-3-4-17-6-8/h1-2,5,8,17H,3-4,6-7H2,(H,18,20). The lowest BCUT2D eigenvalue weighted by molar-refractivity contribution is -0.137. The highest BCUT2D eigenvalue weighted by Crippen LogP contribution is 2.31. The van der Waals surface area contributed by atoms with Crippen LogP contribution in [0.15, 0.2) is 23.0 Å². The van der Waals surface area contributed by atoms with E-state index < -0.39 is 11.7 Å². The molecule has 1 fully saturated rings. The molecule has 1 unspecified atom stereocenters. The largest absolute Gasteiger partial charge is 0.416 e. The Kier molecular flexibility index (Phi) is 3.08. The number of alkyl halides is 3. The number of hydrogen-bond donors (Lipinski definition) is 2. The first-order valence-electron chi connectivity index (χ1n) is 6.45. The van der Waals surface area contributed by atoms with Gasteiger partial charge >= 0.3 is 11.9 Å². The van der Waals surface area contributed by atoms with Crippen LogP contribution in [0.5, 0.6) is 0 Å². The van der Waals surface area contributed by atoms with E-state index in [1.165, 1.54) is 10.6 Å². The van der Waals surface area contributed by atoms with Crippen LogP contribution in [0.25, 0.3) is 11.0 Å². The number of rotatable bonds is 2. The summed E-state index contributed by atoms with van der Waals surface area (Å²) in [5.74, 6) is 0.279. The topological polar surface area (TPSA) is 49.8 Å². The molecular weight excluding hydrogens is 271 g/mol. The molecule has 0 spiro atoms. The SMILES string of the molecule is O=c1[nH]c2ccc(C(F)(F)F)cc2n1CC1CCNC1.